The van der Waals surface area contributed by atoms with Crippen molar-refractivity contribution in [3.8, 4) is 0 Å². The fraction of sp³-hybridized carbons (Fsp3) is 0.350. The molecule has 0 saturated carbocycles. The zero-order chi connectivity index (χ0) is 20.1. The molecule has 0 unspecified atom stereocenters. The topological polar surface area (TPSA) is 73.2 Å². The summed E-state index contributed by atoms with van der Waals surface area (Å²) in [7, 11) is 1.59. The number of amides is 1. The lowest BCUT2D eigenvalue weighted by Gasteiger charge is -2.12. The summed E-state index contributed by atoms with van der Waals surface area (Å²) in [6.07, 6.45) is 0. The number of ether oxygens (including phenoxy) is 1. The van der Waals surface area contributed by atoms with Crippen LogP contribution >= 0.6 is 23.1 Å². The Kier molecular flexibility index (Phi) is 6.88. The molecule has 1 amide bonds. The van der Waals surface area contributed by atoms with Crippen LogP contribution in [0.4, 0.5) is 5.69 Å². The first-order valence-electron chi connectivity index (χ1n) is 8.99. The lowest BCUT2D eigenvalue weighted by atomic mass is 10.0. The van der Waals surface area contributed by atoms with Crippen LogP contribution in [0.1, 0.15) is 25.3 Å². The smallest absolute Gasteiger partial charge is 0.272 e. The molecule has 0 saturated heterocycles. The Hall–Kier alpha value is -2.16. The molecule has 0 atom stereocenters. The zero-order valence-corrected chi connectivity index (χ0v) is 17.7. The number of nitrogens with zero attached hydrogens (tertiary/aromatic N) is 2. The number of nitrogens with one attached hydrogen (secondary N) is 1. The molecule has 0 aliphatic heterocycles. The van der Waals surface area contributed by atoms with E-state index in [1.807, 2.05) is 35.7 Å². The molecule has 148 valence electrons. The molecule has 2 heterocycles. The Morgan fingerprint density at radius 1 is 1.36 bits per heavy atom. The van der Waals surface area contributed by atoms with Crippen molar-refractivity contribution in [3.05, 3.63) is 51.6 Å². The number of aromatic nitrogens is 2. The number of thioether (sulfide) groups is 1. The molecule has 1 N–H and O–H groups in total. The largest absolute Gasteiger partial charge is 0.383 e. The third-order valence-electron chi connectivity index (χ3n) is 4.22. The minimum Gasteiger partial charge on any atom is -0.383 e. The lowest BCUT2D eigenvalue weighted by Crippen LogP contribution is -2.25. The predicted octanol–water partition coefficient (Wildman–Crippen LogP) is 3.96. The molecule has 8 heteroatoms. The van der Waals surface area contributed by atoms with E-state index in [9.17, 15) is 9.59 Å². The van der Waals surface area contributed by atoms with E-state index in [-0.39, 0.29) is 17.2 Å². The molecule has 6 nitrogen and oxygen atoms in total. The van der Waals surface area contributed by atoms with Gasteiger partial charge in [0.15, 0.2) is 5.16 Å². The fourth-order valence-corrected chi connectivity index (χ4v) is 4.32. The SMILES string of the molecule is COCCn1c(SCC(=O)Nc2cccc(C(C)C)c2)nc2ccsc2c1=O. The summed E-state index contributed by atoms with van der Waals surface area (Å²) in [6.45, 7) is 5.03. The molecular weight excluding hydrogens is 394 g/mol. The summed E-state index contributed by atoms with van der Waals surface area (Å²) in [6, 6.07) is 9.66. The Bertz CT molecular complexity index is 1030. The number of carbonyl (C=O) groups excluding carboxylic acids is 1. The summed E-state index contributed by atoms with van der Waals surface area (Å²) < 4.78 is 7.32. The van der Waals surface area contributed by atoms with Gasteiger partial charge in [-0.05, 0) is 35.1 Å². The van der Waals surface area contributed by atoms with Crippen LogP contribution in [-0.4, -0.2) is 34.9 Å². The number of carbonyl (C=O) groups is 1. The van der Waals surface area contributed by atoms with E-state index < -0.39 is 0 Å². The molecule has 1 aromatic carbocycles. The lowest BCUT2D eigenvalue weighted by molar-refractivity contribution is -0.113. The molecule has 3 rings (SSSR count). The van der Waals surface area contributed by atoms with E-state index in [2.05, 4.69) is 24.1 Å². The molecule has 3 aromatic rings. The molecular formula is C20H23N3O3S2. The second-order valence-corrected chi connectivity index (χ2v) is 8.45. The van der Waals surface area contributed by atoms with Crippen LogP contribution in [0.5, 0.6) is 0 Å². The highest BCUT2D eigenvalue weighted by Crippen LogP contribution is 2.22. The van der Waals surface area contributed by atoms with E-state index >= 15 is 0 Å². The summed E-state index contributed by atoms with van der Waals surface area (Å²) in [4.78, 5) is 29.7. The maximum atomic E-state index is 12.7. The first kappa shape index (κ1) is 20.6. The molecule has 0 bridgehead atoms. The van der Waals surface area contributed by atoms with Crippen molar-refractivity contribution in [2.24, 2.45) is 0 Å². The van der Waals surface area contributed by atoms with Gasteiger partial charge in [-0.2, -0.15) is 0 Å². The second-order valence-electron chi connectivity index (χ2n) is 6.60. The van der Waals surface area contributed by atoms with E-state index in [1.165, 1.54) is 28.7 Å². The molecule has 0 aliphatic carbocycles. The summed E-state index contributed by atoms with van der Waals surface area (Å²) in [5.41, 5.74) is 2.51. The normalized spacial score (nSPS) is 11.3. The number of benzene rings is 1. The summed E-state index contributed by atoms with van der Waals surface area (Å²) in [5.74, 6) is 0.424. The zero-order valence-electron chi connectivity index (χ0n) is 16.1. The van der Waals surface area contributed by atoms with E-state index in [0.717, 1.165) is 5.69 Å². The monoisotopic (exact) mass is 417 g/mol. The number of anilines is 1. The standard InChI is InChI=1S/C20H23N3O3S2/c1-13(2)14-5-4-6-15(11-14)21-17(24)12-28-20-22-16-7-10-27-18(16)19(25)23(20)8-9-26-3/h4-7,10-11,13H,8-9,12H2,1-3H3,(H,21,24). The van der Waals surface area contributed by atoms with Crippen molar-refractivity contribution in [1.82, 2.24) is 9.55 Å². The van der Waals surface area contributed by atoms with Crippen molar-refractivity contribution in [2.45, 2.75) is 31.5 Å². The average molecular weight is 418 g/mol. The van der Waals surface area contributed by atoms with Crippen molar-refractivity contribution in [3.63, 3.8) is 0 Å². The first-order chi connectivity index (χ1) is 13.5. The van der Waals surface area contributed by atoms with Gasteiger partial charge in [-0.1, -0.05) is 37.7 Å². The van der Waals surface area contributed by atoms with Crippen LogP contribution < -0.4 is 10.9 Å². The highest BCUT2D eigenvalue weighted by molar-refractivity contribution is 7.99. The first-order valence-corrected chi connectivity index (χ1v) is 10.9. The quantitative estimate of drug-likeness (QED) is 0.444. The summed E-state index contributed by atoms with van der Waals surface area (Å²) in [5, 5.41) is 5.30. The minimum absolute atomic E-state index is 0.0930. The van der Waals surface area contributed by atoms with Gasteiger partial charge in [0.25, 0.3) is 5.56 Å². The molecule has 0 radical (unpaired) electrons. The van der Waals surface area contributed by atoms with Crippen LogP contribution in [0.3, 0.4) is 0 Å². The van der Waals surface area contributed by atoms with Crippen molar-refractivity contribution >= 4 is 44.9 Å². The van der Waals surface area contributed by atoms with Crippen LogP contribution in [0.25, 0.3) is 10.2 Å². The fourth-order valence-electron chi connectivity index (χ4n) is 2.72. The third kappa shape index (κ3) is 4.81. The molecule has 28 heavy (non-hydrogen) atoms. The van der Waals surface area contributed by atoms with Crippen LogP contribution in [0.2, 0.25) is 0 Å². The number of thiophene rings is 1. The Morgan fingerprint density at radius 3 is 2.93 bits per heavy atom. The minimum atomic E-state index is -0.135. The Morgan fingerprint density at radius 2 is 2.18 bits per heavy atom. The highest BCUT2D eigenvalue weighted by atomic mass is 32.2. The van der Waals surface area contributed by atoms with E-state index in [0.29, 0.717) is 34.4 Å². The second kappa shape index (κ2) is 9.36. The number of hydrogen-bond donors (Lipinski definition) is 1. The highest BCUT2D eigenvalue weighted by Gasteiger charge is 2.14. The predicted molar refractivity (Wildman–Crippen MR) is 116 cm³/mol. The van der Waals surface area contributed by atoms with Gasteiger partial charge in [-0.3, -0.25) is 14.2 Å². The van der Waals surface area contributed by atoms with Crippen LogP contribution in [0.15, 0.2) is 45.7 Å². The van der Waals surface area contributed by atoms with Gasteiger partial charge in [0.05, 0.1) is 24.4 Å². The van der Waals surface area contributed by atoms with E-state index in [1.54, 1.807) is 11.7 Å². The summed E-state index contributed by atoms with van der Waals surface area (Å²) >= 11 is 2.63. The van der Waals surface area contributed by atoms with Gasteiger partial charge >= 0.3 is 0 Å². The Labute approximate surface area is 171 Å². The van der Waals surface area contributed by atoms with Gasteiger partial charge in [-0.15, -0.1) is 11.3 Å². The molecule has 2 aromatic heterocycles. The van der Waals surface area contributed by atoms with Crippen molar-refractivity contribution in [2.75, 3.05) is 24.8 Å². The molecule has 0 spiro atoms. The molecule has 0 fully saturated rings. The van der Waals surface area contributed by atoms with Crippen LogP contribution in [0, 0.1) is 0 Å². The maximum Gasteiger partial charge on any atom is 0.272 e. The van der Waals surface area contributed by atoms with Gasteiger partial charge in [0.1, 0.15) is 4.70 Å². The van der Waals surface area contributed by atoms with Gasteiger partial charge in [0.2, 0.25) is 5.91 Å². The number of methoxy groups -OCH3 is 1. The van der Waals surface area contributed by atoms with Gasteiger partial charge < -0.3 is 10.1 Å². The number of rotatable bonds is 8. The number of hydrogen-bond acceptors (Lipinski definition) is 6. The number of fused-ring (bicyclic) bond motifs is 1. The Balaban J connectivity index is 1.74. The average Bonchev–Trinajstić information content (AvgIpc) is 3.15. The van der Waals surface area contributed by atoms with Crippen LogP contribution in [-0.2, 0) is 16.1 Å². The van der Waals surface area contributed by atoms with E-state index in [4.69, 9.17) is 4.74 Å². The maximum absolute atomic E-state index is 12.7. The molecule has 0 aliphatic rings. The van der Waals surface area contributed by atoms with Crippen molar-refractivity contribution in [1.29, 1.82) is 0 Å². The van der Waals surface area contributed by atoms with Gasteiger partial charge in [0, 0.05) is 12.8 Å². The third-order valence-corrected chi connectivity index (χ3v) is 6.09. The van der Waals surface area contributed by atoms with Crippen molar-refractivity contribution < 1.29 is 9.53 Å². The van der Waals surface area contributed by atoms with Gasteiger partial charge in [-0.25, -0.2) is 4.98 Å².